The first-order chi connectivity index (χ1) is 14.1. The van der Waals surface area contributed by atoms with Crippen molar-refractivity contribution in [3.8, 4) is 0 Å². The van der Waals surface area contributed by atoms with Crippen molar-refractivity contribution in [2.24, 2.45) is 7.05 Å². The van der Waals surface area contributed by atoms with Crippen LogP contribution in [-0.4, -0.2) is 21.1 Å². The molecule has 2 heterocycles. The highest BCUT2D eigenvalue weighted by Gasteiger charge is 2.21. The van der Waals surface area contributed by atoms with Crippen molar-refractivity contribution in [2.75, 3.05) is 36.7 Å². The van der Waals surface area contributed by atoms with Crippen molar-refractivity contribution >= 4 is 56.5 Å². The number of anilines is 3. The van der Waals surface area contributed by atoms with E-state index in [4.69, 9.17) is 0 Å². The molecule has 0 saturated carbocycles. The molecule has 4 rings (SSSR count). The van der Waals surface area contributed by atoms with Gasteiger partial charge in [-0.2, -0.15) is 4.57 Å². The minimum Gasteiger partial charge on any atom is -0.388 e. The van der Waals surface area contributed by atoms with Crippen molar-refractivity contribution in [3.63, 3.8) is 0 Å². The summed E-state index contributed by atoms with van der Waals surface area (Å²) in [5, 5.41) is 8.86. The van der Waals surface area contributed by atoms with Crippen molar-refractivity contribution in [2.45, 2.75) is 4.90 Å². The number of nitrogens with zero attached hydrogens (tertiary/aromatic N) is 2. The van der Waals surface area contributed by atoms with Gasteiger partial charge in [-0.1, -0.05) is 41.3 Å². The number of hydrogen-bond acceptors (Lipinski definition) is 5. The molecule has 6 heteroatoms. The van der Waals surface area contributed by atoms with Gasteiger partial charge in [-0.15, -0.1) is 0 Å². The lowest BCUT2D eigenvalue weighted by atomic mass is 10.2. The van der Waals surface area contributed by atoms with Crippen LogP contribution >= 0.6 is 23.1 Å². The van der Waals surface area contributed by atoms with E-state index >= 15 is 0 Å². The van der Waals surface area contributed by atoms with Gasteiger partial charge in [-0.05, 0) is 36.4 Å². The summed E-state index contributed by atoms with van der Waals surface area (Å²) in [5.74, 6) is 0. The molecule has 3 aromatic rings. The Balaban J connectivity index is 1.47. The molecule has 0 spiro atoms. The largest absolute Gasteiger partial charge is 0.388 e. The number of aromatic nitrogens is 1. The Kier molecular flexibility index (Phi) is 5.65. The number of nitrogens with one attached hydrogen (secondary N) is 2. The molecule has 0 aliphatic carbocycles. The van der Waals surface area contributed by atoms with Gasteiger partial charge in [0.2, 0.25) is 5.52 Å². The van der Waals surface area contributed by atoms with Gasteiger partial charge in [-0.3, -0.25) is 0 Å². The lowest BCUT2D eigenvalue weighted by molar-refractivity contribution is -0.642. The van der Waals surface area contributed by atoms with Gasteiger partial charge in [0.15, 0.2) is 0 Å². The molecule has 1 aliphatic heterocycles. The summed E-state index contributed by atoms with van der Waals surface area (Å²) < 4.78 is 3.52. The molecule has 0 atom stereocenters. The molecular formula is C23H25N4S2+. The molecule has 1 aromatic heterocycles. The zero-order valence-corrected chi connectivity index (χ0v) is 18.7. The molecule has 0 radical (unpaired) electrons. The van der Waals surface area contributed by atoms with Gasteiger partial charge >= 0.3 is 0 Å². The minimum absolute atomic E-state index is 1.14. The van der Waals surface area contributed by atoms with Crippen LogP contribution in [0.5, 0.6) is 0 Å². The summed E-state index contributed by atoms with van der Waals surface area (Å²) in [6.45, 7) is 0. The van der Waals surface area contributed by atoms with Crippen molar-refractivity contribution in [3.05, 3.63) is 70.7 Å². The highest BCUT2D eigenvalue weighted by atomic mass is 32.2. The third-order valence-electron chi connectivity index (χ3n) is 5.01. The maximum Gasteiger partial charge on any atom is 0.262 e. The predicted octanol–water partition coefficient (Wildman–Crippen LogP) is 5.46. The van der Waals surface area contributed by atoms with Crippen LogP contribution in [0.15, 0.2) is 70.6 Å². The van der Waals surface area contributed by atoms with Crippen LogP contribution in [-0.2, 0) is 7.05 Å². The fourth-order valence-corrected chi connectivity index (χ4v) is 5.49. The van der Waals surface area contributed by atoms with E-state index in [-0.39, 0.29) is 0 Å². The van der Waals surface area contributed by atoms with E-state index < -0.39 is 0 Å². The van der Waals surface area contributed by atoms with Crippen LogP contribution in [0.1, 0.15) is 5.01 Å². The van der Waals surface area contributed by atoms with Crippen LogP contribution in [0.2, 0.25) is 0 Å². The second-order valence-electron chi connectivity index (χ2n) is 6.77. The van der Waals surface area contributed by atoms with Crippen molar-refractivity contribution < 1.29 is 4.57 Å². The zero-order valence-electron chi connectivity index (χ0n) is 17.1. The summed E-state index contributed by atoms with van der Waals surface area (Å²) in [4.78, 5) is 3.52. The number of allylic oxidation sites excluding steroid dienone is 4. The van der Waals surface area contributed by atoms with E-state index in [2.05, 4.69) is 101 Å². The van der Waals surface area contributed by atoms with E-state index in [1.165, 1.54) is 30.8 Å². The highest BCUT2D eigenvalue weighted by molar-refractivity contribution is 8.03. The lowest BCUT2D eigenvalue weighted by Crippen LogP contribution is -2.28. The monoisotopic (exact) mass is 421 g/mol. The quantitative estimate of drug-likeness (QED) is 0.423. The standard InChI is InChI=1S/C23H25N4S2/c1-24-16-10-12-18-20(14-16)28-22(26(18)3)8-6-5-7-9-23-27(4)19-13-11-17(25-2)15-21(19)29-23/h5-15,24-25H,1-4H3/q+1. The minimum atomic E-state index is 1.14. The van der Waals surface area contributed by atoms with Gasteiger partial charge in [0.25, 0.3) is 5.01 Å². The average Bonchev–Trinajstić information content (AvgIpc) is 3.23. The molecule has 0 saturated heterocycles. The van der Waals surface area contributed by atoms with E-state index in [0.717, 1.165) is 11.4 Å². The Morgan fingerprint density at radius 1 is 0.966 bits per heavy atom. The van der Waals surface area contributed by atoms with Gasteiger partial charge in [-0.25, -0.2) is 0 Å². The van der Waals surface area contributed by atoms with Gasteiger partial charge in [0, 0.05) is 49.6 Å². The smallest absolute Gasteiger partial charge is 0.262 e. The SMILES string of the molecule is CNc1ccc2c(c1)S\C(=C/C=C/C=C/c1sc3cc(NC)ccc3[n+]1C)N2C. The van der Waals surface area contributed by atoms with Crippen molar-refractivity contribution in [1.29, 1.82) is 0 Å². The van der Waals surface area contributed by atoms with Gasteiger partial charge < -0.3 is 15.5 Å². The Labute approximate surface area is 180 Å². The highest BCUT2D eigenvalue weighted by Crippen LogP contribution is 2.45. The summed E-state index contributed by atoms with van der Waals surface area (Å²) in [7, 11) is 8.13. The molecule has 148 valence electrons. The first kappa shape index (κ1) is 19.6. The fraction of sp³-hybridized carbons (Fsp3) is 0.174. The second-order valence-corrected chi connectivity index (χ2v) is 8.90. The molecule has 29 heavy (non-hydrogen) atoms. The fourth-order valence-electron chi connectivity index (χ4n) is 3.29. The van der Waals surface area contributed by atoms with Crippen LogP contribution in [0.25, 0.3) is 16.3 Å². The number of thiazole rings is 1. The van der Waals surface area contributed by atoms with Crippen LogP contribution in [0.4, 0.5) is 17.1 Å². The number of rotatable bonds is 5. The van der Waals surface area contributed by atoms with Gasteiger partial charge in [0.05, 0.1) is 10.7 Å². The number of fused-ring (bicyclic) bond motifs is 2. The van der Waals surface area contributed by atoms with E-state index in [0.29, 0.717) is 0 Å². The first-order valence-corrected chi connectivity index (χ1v) is 11.1. The van der Waals surface area contributed by atoms with E-state index in [1.54, 1.807) is 23.1 Å². The average molecular weight is 422 g/mol. The Hall–Kier alpha value is -2.70. The Morgan fingerprint density at radius 2 is 1.72 bits per heavy atom. The lowest BCUT2D eigenvalue weighted by Gasteiger charge is -2.12. The normalized spacial score (nSPS) is 15.2. The van der Waals surface area contributed by atoms with Crippen molar-refractivity contribution in [1.82, 2.24) is 0 Å². The number of benzene rings is 2. The predicted molar refractivity (Wildman–Crippen MR) is 129 cm³/mol. The molecule has 2 N–H and O–H groups in total. The second kappa shape index (κ2) is 8.35. The molecular weight excluding hydrogens is 396 g/mol. The molecule has 0 fully saturated rings. The van der Waals surface area contributed by atoms with Crippen LogP contribution in [0.3, 0.4) is 0 Å². The van der Waals surface area contributed by atoms with Crippen LogP contribution < -0.4 is 20.1 Å². The number of hydrogen-bond donors (Lipinski definition) is 2. The summed E-state index contributed by atoms with van der Waals surface area (Å²) >= 11 is 3.60. The van der Waals surface area contributed by atoms with Gasteiger partial charge in [0.1, 0.15) is 11.7 Å². The Bertz CT molecular complexity index is 1140. The number of aryl methyl sites for hydroxylation is 1. The van der Waals surface area contributed by atoms with E-state index in [9.17, 15) is 0 Å². The number of thioether (sulfide) groups is 1. The topological polar surface area (TPSA) is 31.2 Å². The van der Waals surface area contributed by atoms with Crippen LogP contribution in [0, 0.1) is 0 Å². The molecule has 0 amide bonds. The third-order valence-corrected chi connectivity index (χ3v) is 7.34. The summed E-state index contributed by atoms with van der Waals surface area (Å²) in [5.41, 5.74) is 4.79. The third kappa shape index (κ3) is 3.91. The summed E-state index contributed by atoms with van der Waals surface area (Å²) in [6.07, 6.45) is 10.6. The first-order valence-electron chi connectivity index (χ1n) is 9.49. The molecule has 2 aromatic carbocycles. The summed E-state index contributed by atoms with van der Waals surface area (Å²) in [6, 6.07) is 13.0. The molecule has 0 unspecified atom stereocenters. The maximum atomic E-state index is 3.20. The molecule has 1 aliphatic rings. The molecule has 4 nitrogen and oxygen atoms in total. The van der Waals surface area contributed by atoms with E-state index in [1.807, 2.05) is 14.1 Å². The molecule has 0 bridgehead atoms. The Morgan fingerprint density at radius 3 is 2.52 bits per heavy atom. The zero-order chi connectivity index (χ0) is 20.4. The maximum absolute atomic E-state index is 3.20.